The summed E-state index contributed by atoms with van der Waals surface area (Å²) in [6.07, 6.45) is 14.1. The number of hydrogen-bond donors (Lipinski definition) is 0. The van der Waals surface area contributed by atoms with E-state index in [2.05, 4.69) is 13.8 Å². The van der Waals surface area contributed by atoms with Gasteiger partial charge in [-0.05, 0) is 12.8 Å². The van der Waals surface area contributed by atoms with Crippen LogP contribution >= 0.6 is 0 Å². The summed E-state index contributed by atoms with van der Waals surface area (Å²) in [5.41, 5.74) is 0. The lowest BCUT2D eigenvalue weighted by molar-refractivity contribution is 0.402. The smallest absolute Gasteiger partial charge is 0.144 e. The second kappa shape index (κ2) is 13.0. The standard InChI is InChI=1S/C15H30F/c1-3-5-7-8-9-10-11-12-14-15(16)13-6-4-2/h3-14H2,1-2H3. The van der Waals surface area contributed by atoms with Crippen LogP contribution in [-0.2, 0) is 0 Å². The first-order chi connectivity index (χ1) is 7.81. The molecule has 1 heteroatoms. The van der Waals surface area contributed by atoms with Crippen molar-refractivity contribution >= 4 is 0 Å². The van der Waals surface area contributed by atoms with Gasteiger partial charge in [-0.1, -0.05) is 78.1 Å². The van der Waals surface area contributed by atoms with E-state index in [1.54, 1.807) is 0 Å². The Hall–Kier alpha value is -0.0700. The van der Waals surface area contributed by atoms with Gasteiger partial charge < -0.3 is 0 Å². The molecular formula is C15H30F. The van der Waals surface area contributed by atoms with Gasteiger partial charge in [-0.25, -0.2) is 4.39 Å². The Morgan fingerprint density at radius 1 is 0.625 bits per heavy atom. The molecule has 0 nitrogen and oxygen atoms in total. The summed E-state index contributed by atoms with van der Waals surface area (Å²) in [7, 11) is 0. The fourth-order valence-electron chi connectivity index (χ4n) is 1.94. The summed E-state index contributed by atoms with van der Waals surface area (Å²) in [4.78, 5) is 0. The van der Waals surface area contributed by atoms with Crippen LogP contribution in [0.25, 0.3) is 0 Å². The Bertz CT molecular complexity index is 123. The van der Waals surface area contributed by atoms with Gasteiger partial charge in [-0.15, -0.1) is 0 Å². The van der Waals surface area contributed by atoms with Crippen molar-refractivity contribution in [3.63, 3.8) is 0 Å². The van der Waals surface area contributed by atoms with Crippen LogP contribution in [0.15, 0.2) is 0 Å². The minimum absolute atomic E-state index is 0.229. The lowest BCUT2D eigenvalue weighted by Crippen LogP contribution is -1.90. The predicted octanol–water partition coefficient (Wildman–Crippen LogP) is 6.21. The third kappa shape index (κ3) is 12.0. The molecule has 0 aliphatic rings. The quantitative estimate of drug-likeness (QED) is 0.349. The zero-order valence-corrected chi connectivity index (χ0v) is 11.4. The van der Waals surface area contributed by atoms with Crippen LogP contribution in [0.5, 0.6) is 0 Å². The van der Waals surface area contributed by atoms with Gasteiger partial charge in [0.1, 0.15) is 6.17 Å². The van der Waals surface area contributed by atoms with E-state index >= 15 is 0 Å². The van der Waals surface area contributed by atoms with Crippen molar-refractivity contribution in [1.29, 1.82) is 0 Å². The van der Waals surface area contributed by atoms with Crippen molar-refractivity contribution in [2.75, 3.05) is 0 Å². The molecule has 0 bridgehead atoms. The molecular weight excluding hydrogens is 199 g/mol. The Morgan fingerprint density at radius 2 is 1.06 bits per heavy atom. The second-order valence-corrected chi connectivity index (χ2v) is 4.85. The molecule has 0 aliphatic carbocycles. The molecule has 0 unspecified atom stereocenters. The molecule has 97 valence electrons. The van der Waals surface area contributed by atoms with Gasteiger partial charge in [0.25, 0.3) is 0 Å². The molecule has 0 saturated heterocycles. The van der Waals surface area contributed by atoms with Gasteiger partial charge in [-0.2, -0.15) is 0 Å². The summed E-state index contributed by atoms with van der Waals surface area (Å²) in [6.45, 7) is 4.36. The van der Waals surface area contributed by atoms with Crippen molar-refractivity contribution in [1.82, 2.24) is 0 Å². The highest BCUT2D eigenvalue weighted by molar-refractivity contribution is 4.75. The first-order valence-electron chi connectivity index (χ1n) is 7.31. The van der Waals surface area contributed by atoms with Gasteiger partial charge in [-0.3, -0.25) is 0 Å². The van der Waals surface area contributed by atoms with Crippen LogP contribution < -0.4 is 0 Å². The van der Waals surface area contributed by atoms with Crippen LogP contribution in [0.4, 0.5) is 4.39 Å². The van der Waals surface area contributed by atoms with E-state index in [0.717, 1.165) is 25.7 Å². The Balaban J connectivity index is 3.02. The molecule has 0 N–H and O–H groups in total. The molecule has 1 radical (unpaired) electrons. The highest BCUT2D eigenvalue weighted by atomic mass is 19.1. The molecule has 0 aromatic heterocycles. The van der Waals surface area contributed by atoms with Crippen molar-refractivity contribution in [2.45, 2.75) is 90.9 Å². The maximum absolute atomic E-state index is 13.2. The minimum Gasteiger partial charge on any atom is -0.240 e. The van der Waals surface area contributed by atoms with Crippen molar-refractivity contribution in [3.8, 4) is 0 Å². The lowest BCUT2D eigenvalue weighted by atomic mass is 10.0. The second-order valence-electron chi connectivity index (χ2n) is 4.85. The molecule has 0 aromatic rings. The van der Waals surface area contributed by atoms with Gasteiger partial charge >= 0.3 is 0 Å². The zero-order chi connectivity index (χ0) is 12.1. The van der Waals surface area contributed by atoms with Crippen LogP contribution in [-0.4, -0.2) is 0 Å². The number of rotatable bonds is 12. The Labute approximate surface area is 102 Å². The topological polar surface area (TPSA) is 0 Å². The maximum Gasteiger partial charge on any atom is 0.144 e. The lowest BCUT2D eigenvalue weighted by Gasteiger charge is -2.05. The van der Waals surface area contributed by atoms with E-state index in [9.17, 15) is 4.39 Å². The fourth-order valence-corrected chi connectivity index (χ4v) is 1.94. The average Bonchev–Trinajstić information content (AvgIpc) is 2.30. The summed E-state index contributed by atoms with van der Waals surface area (Å²) >= 11 is 0. The summed E-state index contributed by atoms with van der Waals surface area (Å²) < 4.78 is 13.2. The molecule has 0 saturated carbocycles. The highest BCUT2D eigenvalue weighted by Gasteiger charge is 2.06. The van der Waals surface area contributed by atoms with Gasteiger partial charge in [0.2, 0.25) is 0 Å². The van der Waals surface area contributed by atoms with E-state index in [4.69, 9.17) is 0 Å². The summed E-state index contributed by atoms with van der Waals surface area (Å²) in [6, 6.07) is 0. The molecule has 0 rings (SSSR count). The van der Waals surface area contributed by atoms with E-state index in [1.165, 1.54) is 44.9 Å². The van der Waals surface area contributed by atoms with E-state index < -0.39 is 0 Å². The van der Waals surface area contributed by atoms with E-state index in [1.807, 2.05) is 0 Å². The molecule has 0 amide bonds. The van der Waals surface area contributed by atoms with Crippen LogP contribution in [0, 0.1) is 6.17 Å². The van der Waals surface area contributed by atoms with E-state index in [-0.39, 0.29) is 6.17 Å². The maximum atomic E-state index is 13.2. The van der Waals surface area contributed by atoms with Crippen LogP contribution in [0.2, 0.25) is 0 Å². The SMILES string of the molecule is CCCCCCCCCC[C](F)CCCC. The molecule has 16 heavy (non-hydrogen) atoms. The molecule has 0 aromatic carbocycles. The van der Waals surface area contributed by atoms with Crippen LogP contribution in [0.1, 0.15) is 90.9 Å². The third-order valence-electron chi connectivity index (χ3n) is 3.10. The molecule has 0 heterocycles. The van der Waals surface area contributed by atoms with Gasteiger partial charge in [0, 0.05) is 0 Å². The first-order valence-corrected chi connectivity index (χ1v) is 7.31. The average molecular weight is 229 g/mol. The normalized spacial score (nSPS) is 11.2. The minimum atomic E-state index is 0.229. The van der Waals surface area contributed by atoms with Crippen molar-refractivity contribution < 1.29 is 4.39 Å². The monoisotopic (exact) mass is 229 g/mol. The summed E-state index contributed by atoms with van der Waals surface area (Å²) in [5.74, 6) is 0. The van der Waals surface area contributed by atoms with E-state index in [0.29, 0.717) is 6.42 Å². The predicted molar refractivity (Wildman–Crippen MR) is 71.1 cm³/mol. The number of halogens is 1. The molecule has 0 atom stereocenters. The zero-order valence-electron chi connectivity index (χ0n) is 11.4. The Kier molecular flexibility index (Phi) is 12.9. The van der Waals surface area contributed by atoms with Gasteiger partial charge in [0.15, 0.2) is 0 Å². The molecule has 0 fully saturated rings. The summed E-state index contributed by atoms with van der Waals surface area (Å²) in [5, 5.41) is 0. The van der Waals surface area contributed by atoms with Crippen molar-refractivity contribution in [2.24, 2.45) is 0 Å². The molecule has 0 spiro atoms. The number of unbranched alkanes of at least 4 members (excludes halogenated alkanes) is 8. The first kappa shape index (κ1) is 15.9. The molecule has 0 aliphatic heterocycles. The van der Waals surface area contributed by atoms with Crippen molar-refractivity contribution in [3.05, 3.63) is 6.17 Å². The number of hydrogen-bond acceptors (Lipinski definition) is 0. The fraction of sp³-hybridized carbons (Fsp3) is 0.933. The largest absolute Gasteiger partial charge is 0.240 e. The Morgan fingerprint density at radius 3 is 1.62 bits per heavy atom. The van der Waals surface area contributed by atoms with Crippen LogP contribution in [0.3, 0.4) is 0 Å². The highest BCUT2D eigenvalue weighted by Crippen LogP contribution is 2.20. The third-order valence-corrected chi connectivity index (χ3v) is 3.10. The van der Waals surface area contributed by atoms with Gasteiger partial charge in [0.05, 0.1) is 0 Å².